The molecular weight excluding hydrogens is 148 g/mol. The smallest absolute Gasteiger partial charge is 0.160 e. The Morgan fingerprint density at radius 1 is 1.60 bits per heavy atom. The molecule has 0 amide bonds. The van der Waals surface area contributed by atoms with Gasteiger partial charge < -0.3 is 5.11 Å². The van der Waals surface area contributed by atoms with Crippen LogP contribution in [0.15, 0.2) is 17.7 Å². The first-order valence-electron chi connectivity index (χ1n) is 2.72. The van der Waals surface area contributed by atoms with Gasteiger partial charge in [-0.1, -0.05) is 0 Å². The molecule has 1 N–H and O–H groups in total. The van der Waals surface area contributed by atoms with Crippen LogP contribution in [0.1, 0.15) is 15.2 Å². The number of carbonyl (C=O) groups excluding carboxylic acids is 1. The molecule has 0 aliphatic heterocycles. The average Bonchev–Trinajstić information content (AvgIpc) is 2.36. The van der Waals surface area contributed by atoms with E-state index in [4.69, 9.17) is 5.11 Å². The standard InChI is InChI=1S/C7H6O2S/c8-3-1-6-2-4-10-7(6)5-9/h1-5,8H. The van der Waals surface area contributed by atoms with Crippen LogP contribution in [0.25, 0.3) is 6.08 Å². The van der Waals surface area contributed by atoms with Crippen LogP contribution >= 0.6 is 11.3 Å². The van der Waals surface area contributed by atoms with Crippen molar-refractivity contribution in [1.29, 1.82) is 0 Å². The second-order valence-electron chi connectivity index (χ2n) is 1.67. The molecule has 0 radical (unpaired) electrons. The summed E-state index contributed by atoms with van der Waals surface area (Å²) in [5, 5.41) is 10.2. The molecule has 0 saturated carbocycles. The Labute approximate surface area is 62.4 Å². The number of thiophene rings is 1. The summed E-state index contributed by atoms with van der Waals surface area (Å²) >= 11 is 1.36. The van der Waals surface area contributed by atoms with Crippen LogP contribution in [0.5, 0.6) is 0 Å². The zero-order valence-corrected chi connectivity index (χ0v) is 5.97. The van der Waals surface area contributed by atoms with E-state index in [-0.39, 0.29) is 0 Å². The summed E-state index contributed by atoms with van der Waals surface area (Å²) in [6.45, 7) is 0. The van der Waals surface area contributed by atoms with Gasteiger partial charge in [0.1, 0.15) is 0 Å². The molecule has 0 bridgehead atoms. The maximum Gasteiger partial charge on any atom is 0.160 e. The van der Waals surface area contributed by atoms with Gasteiger partial charge in [-0.15, -0.1) is 11.3 Å². The molecule has 0 fully saturated rings. The monoisotopic (exact) mass is 154 g/mol. The van der Waals surface area contributed by atoms with E-state index in [0.717, 1.165) is 18.1 Å². The first kappa shape index (κ1) is 7.02. The lowest BCUT2D eigenvalue weighted by Gasteiger charge is -1.83. The average molecular weight is 154 g/mol. The van der Waals surface area contributed by atoms with Crippen molar-refractivity contribution >= 4 is 23.7 Å². The summed E-state index contributed by atoms with van der Waals surface area (Å²) in [4.78, 5) is 10.9. The van der Waals surface area contributed by atoms with Crippen LogP contribution in [0.2, 0.25) is 0 Å². The summed E-state index contributed by atoms with van der Waals surface area (Å²) in [6.07, 6.45) is 3.19. The molecule has 0 unspecified atom stereocenters. The lowest BCUT2D eigenvalue weighted by Crippen LogP contribution is -1.74. The lowest BCUT2D eigenvalue weighted by atomic mass is 10.3. The zero-order valence-electron chi connectivity index (χ0n) is 5.15. The number of aliphatic hydroxyl groups is 1. The molecule has 0 spiro atoms. The van der Waals surface area contributed by atoms with Crippen LogP contribution in [0, 0.1) is 0 Å². The van der Waals surface area contributed by atoms with E-state index in [0.29, 0.717) is 4.88 Å². The first-order valence-corrected chi connectivity index (χ1v) is 3.60. The largest absolute Gasteiger partial charge is 0.516 e. The van der Waals surface area contributed by atoms with Gasteiger partial charge in [-0.25, -0.2) is 0 Å². The second kappa shape index (κ2) is 3.17. The zero-order chi connectivity index (χ0) is 7.40. The highest BCUT2D eigenvalue weighted by Crippen LogP contribution is 2.15. The Morgan fingerprint density at radius 3 is 3.00 bits per heavy atom. The Balaban J connectivity index is 3.00. The molecule has 0 aliphatic carbocycles. The molecule has 52 valence electrons. The van der Waals surface area contributed by atoms with Crippen molar-refractivity contribution in [1.82, 2.24) is 0 Å². The minimum atomic E-state index is 0.644. The lowest BCUT2D eigenvalue weighted by molar-refractivity contribution is 0.112. The van der Waals surface area contributed by atoms with Crippen molar-refractivity contribution in [2.75, 3.05) is 0 Å². The van der Waals surface area contributed by atoms with Gasteiger partial charge >= 0.3 is 0 Å². The third kappa shape index (κ3) is 1.25. The third-order valence-corrected chi connectivity index (χ3v) is 1.95. The summed E-state index contributed by atoms with van der Waals surface area (Å²) in [6, 6.07) is 1.78. The molecule has 0 aromatic carbocycles. The second-order valence-corrected chi connectivity index (χ2v) is 2.62. The van der Waals surface area contributed by atoms with Crippen molar-refractivity contribution < 1.29 is 9.90 Å². The fraction of sp³-hybridized carbons (Fsp3) is 0. The van der Waals surface area contributed by atoms with Crippen LogP contribution in [-0.2, 0) is 0 Å². The normalized spacial score (nSPS) is 10.4. The summed E-state index contributed by atoms with van der Waals surface area (Å²) in [7, 11) is 0. The summed E-state index contributed by atoms with van der Waals surface area (Å²) in [5.41, 5.74) is 0.766. The maximum absolute atomic E-state index is 10.3. The Bertz CT molecular complexity index is 250. The molecule has 10 heavy (non-hydrogen) atoms. The van der Waals surface area contributed by atoms with Gasteiger partial charge in [0.25, 0.3) is 0 Å². The van der Waals surface area contributed by atoms with E-state index in [1.807, 2.05) is 0 Å². The molecule has 0 atom stereocenters. The van der Waals surface area contributed by atoms with Gasteiger partial charge in [-0.05, 0) is 23.1 Å². The molecule has 1 rings (SSSR count). The molecule has 1 aromatic rings. The molecule has 1 aromatic heterocycles. The van der Waals surface area contributed by atoms with E-state index < -0.39 is 0 Å². The van der Waals surface area contributed by atoms with Crippen LogP contribution < -0.4 is 0 Å². The molecule has 3 heteroatoms. The highest BCUT2D eigenvalue weighted by atomic mass is 32.1. The van der Waals surface area contributed by atoms with Crippen molar-refractivity contribution in [3.8, 4) is 0 Å². The van der Waals surface area contributed by atoms with Crippen LogP contribution in [-0.4, -0.2) is 11.4 Å². The van der Waals surface area contributed by atoms with Crippen molar-refractivity contribution in [2.24, 2.45) is 0 Å². The van der Waals surface area contributed by atoms with Gasteiger partial charge in [-0.3, -0.25) is 4.79 Å². The minimum absolute atomic E-state index is 0.644. The highest BCUT2D eigenvalue weighted by molar-refractivity contribution is 7.11. The fourth-order valence-electron chi connectivity index (χ4n) is 0.645. The van der Waals surface area contributed by atoms with E-state index in [1.54, 1.807) is 11.4 Å². The van der Waals surface area contributed by atoms with Crippen molar-refractivity contribution in [3.63, 3.8) is 0 Å². The molecule has 0 aliphatic rings. The van der Waals surface area contributed by atoms with Crippen LogP contribution in [0.3, 0.4) is 0 Å². The predicted octanol–water partition coefficient (Wildman–Crippen LogP) is 2.09. The first-order chi connectivity index (χ1) is 4.88. The third-order valence-electron chi connectivity index (χ3n) is 1.09. The Kier molecular flexibility index (Phi) is 2.23. The fourth-order valence-corrected chi connectivity index (χ4v) is 1.33. The number of aliphatic hydroxyl groups excluding tert-OH is 1. The van der Waals surface area contributed by atoms with Crippen molar-refractivity contribution in [3.05, 3.63) is 28.1 Å². The summed E-state index contributed by atoms with van der Waals surface area (Å²) < 4.78 is 0. The van der Waals surface area contributed by atoms with Gasteiger partial charge in [0.05, 0.1) is 11.1 Å². The quantitative estimate of drug-likeness (QED) is 0.523. The number of aldehydes is 1. The highest BCUT2D eigenvalue weighted by Gasteiger charge is 1.97. The van der Waals surface area contributed by atoms with E-state index >= 15 is 0 Å². The Hall–Kier alpha value is -1.09. The van der Waals surface area contributed by atoms with Gasteiger partial charge in [0.2, 0.25) is 0 Å². The molecular formula is C7H6O2S. The van der Waals surface area contributed by atoms with Crippen LogP contribution in [0.4, 0.5) is 0 Å². The predicted molar refractivity (Wildman–Crippen MR) is 41.4 cm³/mol. The SMILES string of the molecule is O=Cc1sccc1C=CO. The van der Waals surface area contributed by atoms with E-state index in [1.165, 1.54) is 17.4 Å². The number of hydrogen-bond acceptors (Lipinski definition) is 3. The minimum Gasteiger partial charge on any atom is -0.516 e. The maximum atomic E-state index is 10.3. The number of hydrogen-bond donors (Lipinski definition) is 1. The van der Waals surface area contributed by atoms with Gasteiger partial charge in [-0.2, -0.15) is 0 Å². The van der Waals surface area contributed by atoms with E-state index in [9.17, 15) is 4.79 Å². The number of rotatable bonds is 2. The Morgan fingerprint density at radius 2 is 2.40 bits per heavy atom. The molecule has 0 saturated heterocycles. The van der Waals surface area contributed by atoms with Gasteiger partial charge in [0, 0.05) is 0 Å². The molecule has 1 heterocycles. The van der Waals surface area contributed by atoms with Gasteiger partial charge in [0.15, 0.2) is 6.29 Å². The number of carbonyl (C=O) groups is 1. The van der Waals surface area contributed by atoms with E-state index in [2.05, 4.69) is 0 Å². The topological polar surface area (TPSA) is 37.3 Å². The van der Waals surface area contributed by atoms with Crippen molar-refractivity contribution in [2.45, 2.75) is 0 Å². The summed E-state index contributed by atoms with van der Waals surface area (Å²) in [5.74, 6) is 0. The molecule has 2 nitrogen and oxygen atoms in total.